The first kappa shape index (κ1) is 16.0. The summed E-state index contributed by atoms with van der Waals surface area (Å²) in [5, 5.41) is 7.07. The summed E-state index contributed by atoms with van der Waals surface area (Å²) in [7, 11) is -3.37. The van der Waals surface area contributed by atoms with Gasteiger partial charge in [0.05, 0.1) is 0 Å². The number of hydrogen-bond acceptors (Lipinski definition) is 4. The van der Waals surface area contributed by atoms with Gasteiger partial charge in [0.1, 0.15) is 5.69 Å². The molecule has 1 aromatic rings. The minimum atomic E-state index is -3.37. The van der Waals surface area contributed by atoms with Crippen molar-refractivity contribution in [1.29, 1.82) is 0 Å². The molecule has 1 saturated carbocycles. The molecule has 4 rings (SSSR count). The summed E-state index contributed by atoms with van der Waals surface area (Å²) in [6.45, 7) is 2.75. The zero-order valence-corrected chi connectivity index (χ0v) is 14.5. The third-order valence-electron chi connectivity index (χ3n) is 5.08. The molecular weight excluding hydrogens is 330 g/mol. The maximum Gasteiger partial charge on any atom is 0.282 e. The fourth-order valence-electron chi connectivity index (χ4n) is 3.42. The van der Waals surface area contributed by atoms with Gasteiger partial charge in [-0.15, -0.1) is 0 Å². The van der Waals surface area contributed by atoms with Crippen LogP contribution in [-0.2, 0) is 10.2 Å². The van der Waals surface area contributed by atoms with Gasteiger partial charge in [0.2, 0.25) is 0 Å². The number of nitrogens with one attached hydrogen (secondary N) is 1. The molecule has 1 aliphatic carbocycles. The highest BCUT2D eigenvalue weighted by Crippen LogP contribution is 2.39. The van der Waals surface area contributed by atoms with E-state index in [1.165, 1.54) is 4.31 Å². The molecule has 2 saturated heterocycles. The van der Waals surface area contributed by atoms with Crippen LogP contribution < -0.4 is 0 Å². The summed E-state index contributed by atoms with van der Waals surface area (Å²) in [4.78, 5) is 14.2. The van der Waals surface area contributed by atoms with E-state index < -0.39 is 10.2 Å². The van der Waals surface area contributed by atoms with E-state index in [2.05, 4.69) is 10.2 Å². The number of nitrogens with zero attached hydrogens (tertiary/aromatic N) is 4. The van der Waals surface area contributed by atoms with E-state index in [9.17, 15) is 13.2 Å². The van der Waals surface area contributed by atoms with Gasteiger partial charge in [-0.3, -0.25) is 9.89 Å². The molecule has 0 spiro atoms. The molecule has 0 radical (unpaired) electrons. The Morgan fingerprint density at radius 2 is 1.67 bits per heavy atom. The Morgan fingerprint density at radius 3 is 2.29 bits per heavy atom. The van der Waals surface area contributed by atoms with Crippen LogP contribution in [0.4, 0.5) is 0 Å². The third-order valence-corrected chi connectivity index (χ3v) is 7.11. The molecule has 8 nitrogen and oxygen atoms in total. The highest BCUT2D eigenvalue weighted by molar-refractivity contribution is 7.86. The fourth-order valence-corrected chi connectivity index (χ4v) is 5.09. The van der Waals surface area contributed by atoms with Crippen molar-refractivity contribution in [2.45, 2.75) is 31.6 Å². The Balaban J connectivity index is 1.37. The molecule has 3 heterocycles. The molecule has 1 aromatic heterocycles. The van der Waals surface area contributed by atoms with Gasteiger partial charge in [0, 0.05) is 50.9 Å². The molecule has 1 N–H and O–H groups in total. The van der Waals surface area contributed by atoms with Crippen molar-refractivity contribution in [2.75, 3.05) is 39.3 Å². The molecule has 0 aromatic carbocycles. The van der Waals surface area contributed by atoms with Crippen LogP contribution >= 0.6 is 0 Å². The van der Waals surface area contributed by atoms with Crippen LogP contribution in [0.1, 0.15) is 47.8 Å². The van der Waals surface area contributed by atoms with Crippen molar-refractivity contribution in [3.63, 3.8) is 0 Å². The highest BCUT2D eigenvalue weighted by atomic mass is 32.2. The first-order chi connectivity index (χ1) is 11.6. The Hall–Kier alpha value is -1.45. The van der Waals surface area contributed by atoms with Gasteiger partial charge in [-0.05, 0) is 31.7 Å². The van der Waals surface area contributed by atoms with Gasteiger partial charge >= 0.3 is 0 Å². The average Bonchev–Trinajstić information content (AvgIpc) is 3.10. The predicted octanol–water partition coefficient (Wildman–Crippen LogP) is 0.386. The van der Waals surface area contributed by atoms with E-state index in [1.54, 1.807) is 9.21 Å². The van der Waals surface area contributed by atoms with Crippen molar-refractivity contribution < 1.29 is 13.2 Å². The van der Waals surface area contributed by atoms with Crippen LogP contribution in [-0.4, -0.2) is 77.3 Å². The lowest BCUT2D eigenvalue weighted by atomic mass is 10.2. The molecule has 24 heavy (non-hydrogen) atoms. The Morgan fingerprint density at radius 1 is 1.04 bits per heavy atom. The summed E-state index contributed by atoms with van der Waals surface area (Å²) in [5.41, 5.74) is 1.47. The number of rotatable bonds is 4. The van der Waals surface area contributed by atoms with E-state index >= 15 is 0 Å². The molecule has 1 amide bonds. The third kappa shape index (κ3) is 2.96. The van der Waals surface area contributed by atoms with Crippen LogP contribution in [0.2, 0.25) is 0 Å². The second kappa shape index (κ2) is 6.12. The van der Waals surface area contributed by atoms with E-state index in [4.69, 9.17) is 0 Å². The number of carbonyl (C=O) groups excluding carboxylic acids is 1. The summed E-state index contributed by atoms with van der Waals surface area (Å²) >= 11 is 0. The van der Waals surface area contributed by atoms with Gasteiger partial charge in [-0.25, -0.2) is 0 Å². The maximum atomic E-state index is 12.6. The molecule has 3 aliphatic rings. The van der Waals surface area contributed by atoms with Crippen molar-refractivity contribution >= 4 is 16.1 Å². The normalized spacial score (nSPS) is 23.8. The molecule has 0 atom stereocenters. The van der Waals surface area contributed by atoms with Gasteiger partial charge in [-0.2, -0.15) is 22.1 Å². The number of carbonyl (C=O) groups is 1. The molecular formula is C15H23N5O3S. The lowest BCUT2D eigenvalue weighted by Crippen LogP contribution is -2.53. The van der Waals surface area contributed by atoms with Gasteiger partial charge in [-0.1, -0.05) is 0 Å². The molecule has 0 bridgehead atoms. The lowest BCUT2D eigenvalue weighted by Gasteiger charge is -2.35. The summed E-state index contributed by atoms with van der Waals surface area (Å²) in [6.07, 6.45) is 4.17. The topological polar surface area (TPSA) is 89.6 Å². The number of H-pyrrole nitrogens is 1. The van der Waals surface area contributed by atoms with Crippen molar-refractivity contribution in [3.8, 4) is 0 Å². The summed E-state index contributed by atoms with van der Waals surface area (Å²) in [5.74, 6) is 0.415. The Bertz CT molecular complexity index is 713. The molecule has 2 aliphatic heterocycles. The SMILES string of the molecule is O=C(c1cc(C2CC2)[nH]n1)N1CCN(S(=O)(=O)N2CCCC2)CC1. The zero-order valence-electron chi connectivity index (χ0n) is 13.6. The van der Waals surface area contributed by atoms with E-state index in [1.807, 2.05) is 6.07 Å². The molecule has 132 valence electrons. The number of piperazine rings is 1. The quantitative estimate of drug-likeness (QED) is 0.848. The van der Waals surface area contributed by atoms with E-state index in [-0.39, 0.29) is 5.91 Å². The lowest BCUT2D eigenvalue weighted by molar-refractivity contribution is 0.0688. The minimum absolute atomic E-state index is 0.114. The average molecular weight is 353 g/mol. The van der Waals surface area contributed by atoms with Crippen LogP contribution in [0.3, 0.4) is 0 Å². The highest BCUT2D eigenvalue weighted by Gasteiger charge is 2.35. The monoisotopic (exact) mass is 353 g/mol. The minimum Gasteiger partial charge on any atom is -0.335 e. The smallest absolute Gasteiger partial charge is 0.282 e. The number of hydrogen-bond donors (Lipinski definition) is 1. The molecule has 9 heteroatoms. The van der Waals surface area contributed by atoms with E-state index in [0.717, 1.165) is 31.4 Å². The van der Waals surface area contributed by atoms with Crippen LogP contribution in [0, 0.1) is 0 Å². The van der Waals surface area contributed by atoms with Crippen molar-refractivity contribution in [2.24, 2.45) is 0 Å². The largest absolute Gasteiger partial charge is 0.335 e. The van der Waals surface area contributed by atoms with Crippen LogP contribution in [0.25, 0.3) is 0 Å². The van der Waals surface area contributed by atoms with Crippen molar-refractivity contribution in [3.05, 3.63) is 17.5 Å². The van der Waals surface area contributed by atoms with Crippen LogP contribution in [0.15, 0.2) is 6.07 Å². The zero-order chi connectivity index (χ0) is 16.7. The van der Waals surface area contributed by atoms with Gasteiger partial charge < -0.3 is 4.90 Å². The first-order valence-corrected chi connectivity index (χ1v) is 10.1. The van der Waals surface area contributed by atoms with Crippen molar-refractivity contribution in [1.82, 2.24) is 23.7 Å². The Labute approximate surface area is 142 Å². The number of amides is 1. The molecule has 3 fully saturated rings. The first-order valence-electron chi connectivity index (χ1n) is 8.65. The van der Waals surface area contributed by atoms with Gasteiger partial charge in [0.15, 0.2) is 0 Å². The van der Waals surface area contributed by atoms with Gasteiger partial charge in [0.25, 0.3) is 16.1 Å². The number of aromatic amines is 1. The summed E-state index contributed by atoms with van der Waals surface area (Å²) in [6, 6.07) is 1.84. The fraction of sp³-hybridized carbons (Fsp3) is 0.733. The van der Waals surface area contributed by atoms with E-state index in [0.29, 0.717) is 50.9 Å². The predicted molar refractivity (Wildman–Crippen MR) is 87.8 cm³/mol. The molecule has 0 unspecified atom stereocenters. The number of aromatic nitrogens is 2. The second-order valence-corrected chi connectivity index (χ2v) is 8.72. The summed E-state index contributed by atoms with van der Waals surface area (Å²) < 4.78 is 28.2. The standard InChI is InChI=1S/C15H23N5O3S/c21-15(14-11-13(16-17-14)12-3-4-12)18-7-9-20(10-8-18)24(22,23)19-5-1-2-6-19/h11-12H,1-10H2,(H,16,17). The maximum absolute atomic E-state index is 12.6. The van der Waals surface area contributed by atoms with Crippen LogP contribution in [0.5, 0.6) is 0 Å². The Kier molecular flexibility index (Phi) is 4.09. The second-order valence-electron chi connectivity index (χ2n) is 6.79.